The first-order chi connectivity index (χ1) is 8.00. The van der Waals surface area contributed by atoms with Crippen molar-refractivity contribution in [1.82, 2.24) is 4.90 Å². The van der Waals surface area contributed by atoms with Crippen molar-refractivity contribution in [2.24, 2.45) is 0 Å². The molecule has 1 aliphatic heterocycles. The molecular formula is C13H9BrF2NY-. The summed E-state index contributed by atoms with van der Waals surface area (Å²) in [7, 11) is 1.75. The number of nitrogens with zero attached hydrogens (tertiary/aromatic N) is 1. The molecule has 0 unspecified atom stereocenters. The predicted octanol–water partition coefficient (Wildman–Crippen LogP) is 3.84. The fraction of sp³-hybridized carbons (Fsp3) is 0.0769. The standard InChI is InChI=1S/C13H9BrF2N.Y/c1-8-11(14)5-6-13(17(8)2)10-4-3-9(15)7-12(10)16;/h3-5,7H,1H2,2H3;/q-1;. The molecule has 0 aromatic heterocycles. The minimum absolute atomic E-state index is 0. The van der Waals surface area contributed by atoms with Crippen LogP contribution in [0.15, 0.2) is 41.0 Å². The van der Waals surface area contributed by atoms with Gasteiger partial charge >= 0.3 is 0 Å². The molecule has 0 amide bonds. The number of halogens is 3. The summed E-state index contributed by atoms with van der Waals surface area (Å²) in [6.45, 7) is 3.85. The van der Waals surface area contributed by atoms with Crippen LogP contribution in [0.3, 0.4) is 0 Å². The molecule has 1 radical (unpaired) electrons. The van der Waals surface area contributed by atoms with Crippen molar-refractivity contribution in [1.29, 1.82) is 0 Å². The Hall–Kier alpha value is -0.316. The monoisotopic (exact) mass is 385 g/mol. The van der Waals surface area contributed by atoms with Gasteiger partial charge in [-0.25, -0.2) is 8.78 Å². The van der Waals surface area contributed by atoms with Crippen LogP contribution in [0.1, 0.15) is 5.56 Å². The van der Waals surface area contributed by atoms with E-state index in [0.717, 1.165) is 10.5 Å². The SMILES string of the molecule is C=C1C(Br)=C[C-]=C(c2ccc(F)cc2F)N1C.[Y]. The van der Waals surface area contributed by atoms with Crippen LogP contribution >= 0.6 is 15.9 Å². The Morgan fingerprint density at radius 3 is 2.61 bits per heavy atom. The Morgan fingerprint density at radius 2 is 2.00 bits per heavy atom. The van der Waals surface area contributed by atoms with E-state index in [-0.39, 0.29) is 32.7 Å². The van der Waals surface area contributed by atoms with Crippen LogP contribution in [0.5, 0.6) is 0 Å². The van der Waals surface area contributed by atoms with Crippen molar-refractivity contribution in [3.05, 3.63) is 64.3 Å². The molecule has 18 heavy (non-hydrogen) atoms. The molecule has 1 heterocycles. The molecular weight excluding hydrogens is 377 g/mol. The summed E-state index contributed by atoms with van der Waals surface area (Å²) in [5, 5.41) is 0. The average molecular weight is 386 g/mol. The molecule has 0 N–H and O–H groups in total. The molecule has 0 aliphatic carbocycles. The first-order valence-electron chi connectivity index (χ1n) is 4.88. The maximum atomic E-state index is 13.6. The van der Waals surface area contributed by atoms with E-state index in [9.17, 15) is 8.78 Å². The van der Waals surface area contributed by atoms with E-state index >= 15 is 0 Å². The molecule has 1 aromatic carbocycles. The van der Waals surface area contributed by atoms with Gasteiger partial charge in [-0.15, -0.1) is 22.0 Å². The van der Waals surface area contributed by atoms with Crippen molar-refractivity contribution in [3.63, 3.8) is 0 Å². The molecule has 1 aromatic rings. The molecule has 0 atom stereocenters. The van der Waals surface area contributed by atoms with Crippen molar-refractivity contribution in [2.45, 2.75) is 0 Å². The number of likely N-dealkylation sites (N-methyl/N-ethyl adjacent to an activating group) is 1. The van der Waals surface area contributed by atoms with Gasteiger partial charge in [0.1, 0.15) is 5.82 Å². The minimum Gasteiger partial charge on any atom is -0.377 e. The van der Waals surface area contributed by atoms with Crippen LogP contribution in [-0.2, 0) is 32.7 Å². The molecule has 5 heteroatoms. The Bertz CT molecular complexity index is 552. The molecule has 0 saturated heterocycles. The summed E-state index contributed by atoms with van der Waals surface area (Å²) >= 11 is 3.31. The third-order valence-electron chi connectivity index (χ3n) is 2.54. The van der Waals surface area contributed by atoms with Gasteiger partial charge in [-0.1, -0.05) is 22.3 Å². The fourth-order valence-electron chi connectivity index (χ4n) is 1.55. The maximum absolute atomic E-state index is 13.6. The van der Waals surface area contributed by atoms with Crippen LogP contribution in [0.25, 0.3) is 5.70 Å². The number of allylic oxidation sites excluding steroid dienone is 3. The van der Waals surface area contributed by atoms with Crippen LogP contribution < -0.4 is 0 Å². The normalized spacial score (nSPS) is 14.9. The van der Waals surface area contributed by atoms with Crippen LogP contribution in [0.2, 0.25) is 0 Å². The molecule has 1 nitrogen and oxygen atoms in total. The maximum Gasteiger partial charge on any atom is 0.124 e. The fourth-order valence-corrected chi connectivity index (χ4v) is 1.93. The first kappa shape index (κ1) is 15.7. The molecule has 91 valence electrons. The quantitative estimate of drug-likeness (QED) is 0.664. The zero-order valence-electron chi connectivity index (χ0n) is 9.67. The van der Waals surface area contributed by atoms with Gasteiger partial charge < -0.3 is 4.90 Å². The van der Waals surface area contributed by atoms with Gasteiger partial charge in [0.2, 0.25) is 0 Å². The van der Waals surface area contributed by atoms with Crippen molar-refractivity contribution in [2.75, 3.05) is 7.05 Å². The molecule has 0 spiro atoms. The zero-order valence-corrected chi connectivity index (χ0v) is 14.1. The Balaban J connectivity index is 0.00000162. The third kappa shape index (κ3) is 2.98. The summed E-state index contributed by atoms with van der Waals surface area (Å²) in [6, 6.07) is 3.47. The van der Waals surface area contributed by atoms with E-state index in [0.29, 0.717) is 17.0 Å². The molecule has 0 saturated carbocycles. The van der Waals surface area contributed by atoms with Gasteiger partial charge in [-0.3, -0.25) is 0 Å². The van der Waals surface area contributed by atoms with E-state index in [2.05, 4.69) is 28.6 Å². The molecule has 0 bridgehead atoms. The summed E-state index contributed by atoms with van der Waals surface area (Å²) in [6.07, 6.45) is 4.60. The van der Waals surface area contributed by atoms with Gasteiger partial charge in [0, 0.05) is 39.8 Å². The molecule has 2 rings (SSSR count). The van der Waals surface area contributed by atoms with E-state index in [1.165, 1.54) is 12.1 Å². The smallest absolute Gasteiger partial charge is 0.124 e. The molecule has 1 aliphatic rings. The van der Waals surface area contributed by atoms with E-state index in [4.69, 9.17) is 0 Å². The Kier molecular flexibility index (Phi) is 5.44. The van der Waals surface area contributed by atoms with Gasteiger partial charge in [0.25, 0.3) is 0 Å². The van der Waals surface area contributed by atoms with Gasteiger partial charge in [0.15, 0.2) is 0 Å². The summed E-state index contributed by atoms with van der Waals surface area (Å²) < 4.78 is 27.3. The predicted molar refractivity (Wildman–Crippen MR) is 66.9 cm³/mol. The second kappa shape index (κ2) is 6.22. The van der Waals surface area contributed by atoms with Gasteiger partial charge in [0.05, 0.1) is 5.82 Å². The second-order valence-electron chi connectivity index (χ2n) is 3.62. The first-order valence-corrected chi connectivity index (χ1v) is 5.67. The summed E-state index contributed by atoms with van der Waals surface area (Å²) in [4.78, 5) is 1.69. The van der Waals surface area contributed by atoms with Crippen molar-refractivity contribution in [3.8, 4) is 0 Å². The average Bonchev–Trinajstić information content (AvgIpc) is 2.28. The largest absolute Gasteiger partial charge is 0.377 e. The van der Waals surface area contributed by atoms with Gasteiger partial charge in [-0.05, 0) is 17.8 Å². The van der Waals surface area contributed by atoms with Crippen molar-refractivity contribution >= 4 is 21.6 Å². The number of benzene rings is 1. The third-order valence-corrected chi connectivity index (χ3v) is 3.22. The molecule has 0 fully saturated rings. The van der Waals surface area contributed by atoms with Crippen molar-refractivity contribution < 1.29 is 41.5 Å². The second-order valence-corrected chi connectivity index (χ2v) is 4.47. The number of hydrogen-bond acceptors (Lipinski definition) is 1. The topological polar surface area (TPSA) is 3.24 Å². The zero-order chi connectivity index (χ0) is 12.6. The number of rotatable bonds is 1. The van der Waals surface area contributed by atoms with Crippen LogP contribution in [0, 0.1) is 17.7 Å². The van der Waals surface area contributed by atoms with E-state index in [1.807, 2.05) is 0 Å². The van der Waals surface area contributed by atoms with E-state index < -0.39 is 11.6 Å². The summed E-state index contributed by atoms with van der Waals surface area (Å²) in [5.74, 6) is -1.21. The van der Waals surface area contributed by atoms with E-state index in [1.54, 1.807) is 18.0 Å². The number of hydrogen-bond donors (Lipinski definition) is 0. The summed E-state index contributed by atoms with van der Waals surface area (Å²) in [5.41, 5.74) is 1.52. The van der Waals surface area contributed by atoms with Gasteiger partial charge in [-0.2, -0.15) is 12.2 Å². The van der Waals surface area contributed by atoms with Crippen LogP contribution in [0.4, 0.5) is 8.78 Å². The minimum atomic E-state index is -0.612. The van der Waals surface area contributed by atoms with Crippen LogP contribution in [-0.4, -0.2) is 11.9 Å². The Morgan fingerprint density at radius 1 is 1.33 bits per heavy atom. The Labute approximate surface area is 138 Å².